The van der Waals surface area contributed by atoms with Gasteiger partial charge >= 0.3 is 0 Å². The van der Waals surface area contributed by atoms with Crippen LogP contribution in [0.4, 0.5) is 14.5 Å². The molecule has 116 valence electrons. The largest absolute Gasteiger partial charge is 0.399 e. The van der Waals surface area contributed by atoms with Crippen LogP contribution >= 0.6 is 0 Å². The Morgan fingerprint density at radius 1 is 1.19 bits per heavy atom. The van der Waals surface area contributed by atoms with Crippen molar-refractivity contribution in [2.24, 2.45) is 0 Å². The Bertz CT molecular complexity index is 634. The summed E-state index contributed by atoms with van der Waals surface area (Å²) in [5.41, 5.74) is 6.29. The SMILES string of the molecule is Nc1cc(F)c(S(=O)(=O)NCCC2=CCCCC2)c(F)c1. The summed E-state index contributed by atoms with van der Waals surface area (Å²) in [6, 6.07) is 1.59. The van der Waals surface area contributed by atoms with Crippen molar-refractivity contribution in [1.29, 1.82) is 0 Å². The third kappa shape index (κ3) is 4.01. The summed E-state index contributed by atoms with van der Waals surface area (Å²) < 4.78 is 53.5. The topological polar surface area (TPSA) is 72.2 Å². The van der Waals surface area contributed by atoms with Crippen LogP contribution in [0.1, 0.15) is 32.1 Å². The highest BCUT2D eigenvalue weighted by molar-refractivity contribution is 7.89. The first-order valence-corrected chi connectivity index (χ1v) is 8.30. The number of anilines is 1. The van der Waals surface area contributed by atoms with Gasteiger partial charge < -0.3 is 5.73 Å². The van der Waals surface area contributed by atoms with E-state index in [0.717, 1.165) is 37.8 Å². The maximum absolute atomic E-state index is 13.6. The molecule has 0 radical (unpaired) electrons. The number of hydrogen-bond acceptors (Lipinski definition) is 3. The van der Waals surface area contributed by atoms with E-state index in [4.69, 9.17) is 5.73 Å². The van der Waals surface area contributed by atoms with Crippen molar-refractivity contribution in [3.05, 3.63) is 35.4 Å². The van der Waals surface area contributed by atoms with Crippen molar-refractivity contribution >= 4 is 15.7 Å². The molecule has 4 nitrogen and oxygen atoms in total. The Kier molecular flexibility index (Phi) is 4.95. The van der Waals surface area contributed by atoms with Crippen LogP contribution in [0.2, 0.25) is 0 Å². The number of allylic oxidation sites excluding steroid dienone is 1. The van der Waals surface area contributed by atoms with Gasteiger partial charge in [0.15, 0.2) is 4.90 Å². The summed E-state index contributed by atoms with van der Waals surface area (Å²) in [6.07, 6.45) is 6.85. The van der Waals surface area contributed by atoms with E-state index in [1.165, 1.54) is 5.57 Å². The highest BCUT2D eigenvalue weighted by Gasteiger charge is 2.24. The van der Waals surface area contributed by atoms with E-state index in [9.17, 15) is 17.2 Å². The number of nitrogens with two attached hydrogens (primary N) is 1. The van der Waals surface area contributed by atoms with E-state index in [0.29, 0.717) is 6.42 Å². The van der Waals surface area contributed by atoms with Gasteiger partial charge in [-0.25, -0.2) is 21.9 Å². The highest BCUT2D eigenvalue weighted by atomic mass is 32.2. The fourth-order valence-corrected chi connectivity index (χ4v) is 3.53. The number of sulfonamides is 1. The fourth-order valence-electron chi connectivity index (χ4n) is 2.39. The van der Waals surface area contributed by atoms with Crippen molar-refractivity contribution in [1.82, 2.24) is 4.72 Å². The van der Waals surface area contributed by atoms with Crippen LogP contribution in [-0.2, 0) is 10.0 Å². The van der Waals surface area contributed by atoms with Gasteiger partial charge in [-0.15, -0.1) is 0 Å². The number of rotatable bonds is 5. The van der Waals surface area contributed by atoms with E-state index < -0.39 is 26.6 Å². The zero-order valence-electron chi connectivity index (χ0n) is 11.5. The van der Waals surface area contributed by atoms with Gasteiger partial charge in [0, 0.05) is 12.2 Å². The van der Waals surface area contributed by atoms with Gasteiger partial charge in [0.1, 0.15) is 11.6 Å². The van der Waals surface area contributed by atoms with Crippen LogP contribution in [0.3, 0.4) is 0 Å². The van der Waals surface area contributed by atoms with Crippen molar-refractivity contribution in [3.8, 4) is 0 Å². The fraction of sp³-hybridized carbons (Fsp3) is 0.429. The molecule has 0 saturated heterocycles. The molecule has 0 fully saturated rings. The summed E-state index contributed by atoms with van der Waals surface area (Å²) in [5.74, 6) is -2.37. The molecule has 0 atom stereocenters. The monoisotopic (exact) mass is 316 g/mol. The van der Waals surface area contributed by atoms with E-state index in [1.807, 2.05) is 0 Å². The molecule has 3 N–H and O–H groups in total. The molecular formula is C14H18F2N2O2S. The predicted octanol–water partition coefficient (Wildman–Crippen LogP) is 2.72. The van der Waals surface area contributed by atoms with Crippen LogP contribution in [0.25, 0.3) is 0 Å². The van der Waals surface area contributed by atoms with Crippen LogP contribution in [0.5, 0.6) is 0 Å². The van der Waals surface area contributed by atoms with Crippen molar-refractivity contribution in [2.45, 2.75) is 37.0 Å². The molecule has 0 spiro atoms. The second kappa shape index (κ2) is 6.53. The molecule has 7 heteroatoms. The van der Waals surface area contributed by atoms with Crippen LogP contribution in [-0.4, -0.2) is 15.0 Å². The van der Waals surface area contributed by atoms with Crippen LogP contribution in [0.15, 0.2) is 28.7 Å². The van der Waals surface area contributed by atoms with Crippen molar-refractivity contribution in [3.63, 3.8) is 0 Å². The molecule has 0 bridgehead atoms. The maximum atomic E-state index is 13.6. The molecule has 0 heterocycles. The average molecular weight is 316 g/mol. The first kappa shape index (κ1) is 15.9. The smallest absolute Gasteiger partial charge is 0.246 e. The van der Waals surface area contributed by atoms with Crippen LogP contribution in [0, 0.1) is 11.6 Å². The summed E-state index contributed by atoms with van der Waals surface area (Å²) >= 11 is 0. The first-order valence-electron chi connectivity index (χ1n) is 6.82. The third-order valence-corrected chi connectivity index (χ3v) is 4.92. The lowest BCUT2D eigenvalue weighted by molar-refractivity contribution is 0.514. The molecule has 2 rings (SSSR count). The van der Waals surface area contributed by atoms with Gasteiger partial charge in [0.2, 0.25) is 10.0 Å². The molecule has 0 unspecified atom stereocenters. The Labute approximate surface area is 123 Å². The van der Waals surface area contributed by atoms with Gasteiger partial charge in [-0.3, -0.25) is 0 Å². The second-order valence-electron chi connectivity index (χ2n) is 5.07. The summed E-state index contributed by atoms with van der Waals surface area (Å²) in [7, 11) is -4.22. The van der Waals surface area contributed by atoms with Crippen molar-refractivity contribution < 1.29 is 17.2 Å². The predicted molar refractivity (Wildman–Crippen MR) is 77.1 cm³/mol. The van der Waals surface area contributed by atoms with Gasteiger partial charge in [-0.2, -0.15) is 0 Å². The Morgan fingerprint density at radius 3 is 2.43 bits per heavy atom. The normalized spacial score (nSPS) is 15.8. The van der Waals surface area contributed by atoms with E-state index in [-0.39, 0.29) is 12.2 Å². The van der Waals surface area contributed by atoms with E-state index in [2.05, 4.69) is 10.8 Å². The molecule has 0 amide bonds. The number of halogens is 2. The van der Waals surface area contributed by atoms with Gasteiger partial charge in [0.25, 0.3) is 0 Å². The Morgan fingerprint density at radius 2 is 1.86 bits per heavy atom. The minimum absolute atomic E-state index is 0.122. The second-order valence-corrected chi connectivity index (χ2v) is 6.77. The molecular weight excluding hydrogens is 298 g/mol. The van der Waals surface area contributed by atoms with Gasteiger partial charge in [-0.05, 0) is 44.2 Å². The standard InChI is InChI=1S/C14H18F2N2O2S/c15-12-8-11(17)9-13(16)14(12)21(19,20)18-7-6-10-4-2-1-3-5-10/h4,8-9,18H,1-3,5-7,17H2. The van der Waals surface area contributed by atoms with Crippen LogP contribution < -0.4 is 10.5 Å². The van der Waals surface area contributed by atoms with Gasteiger partial charge in [0.05, 0.1) is 0 Å². The number of hydrogen-bond donors (Lipinski definition) is 2. The molecule has 21 heavy (non-hydrogen) atoms. The summed E-state index contributed by atoms with van der Waals surface area (Å²) in [6.45, 7) is 0.122. The molecule has 1 aromatic carbocycles. The molecule has 0 aliphatic heterocycles. The lowest BCUT2D eigenvalue weighted by Gasteiger charge is -2.13. The number of nitrogen functional groups attached to an aromatic ring is 1. The minimum Gasteiger partial charge on any atom is -0.399 e. The highest BCUT2D eigenvalue weighted by Crippen LogP contribution is 2.22. The average Bonchev–Trinajstić information content (AvgIpc) is 2.38. The summed E-state index contributed by atoms with van der Waals surface area (Å²) in [4.78, 5) is -0.977. The maximum Gasteiger partial charge on any atom is 0.246 e. The Balaban J connectivity index is 2.07. The lowest BCUT2D eigenvalue weighted by Crippen LogP contribution is -2.27. The lowest BCUT2D eigenvalue weighted by atomic mass is 9.97. The quantitative estimate of drug-likeness (QED) is 0.648. The van der Waals surface area contributed by atoms with E-state index >= 15 is 0 Å². The van der Waals surface area contributed by atoms with E-state index in [1.54, 1.807) is 0 Å². The molecule has 0 aromatic heterocycles. The Hall–Kier alpha value is -1.47. The minimum atomic E-state index is -4.22. The molecule has 1 aliphatic carbocycles. The number of nitrogens with one attached hydrogen (secondary N) is 1. The zero-order valence-corrected chi connectivity index (χ0v) is 12.3. The zero-order chi connectivity index (χ0) is 15.5. The van der Waals surface area contributed by atoms with Crippen molar-refractivity contribution in [2.75, 3.05) is 12.3 Å². The van der Waals surface area contributed by atoms with Gasteiger partial charge in [-0.1, -0.05) is 11.6 Å². The molecule has 0 saturated carbocycles. The molecule has 1 aromatic rings. The number of benzene rings is 1. The third-order valence-electron chi connectivity index (χ3n) is 3.41. The molecule has 1 aliphatic rings. The summed E-state index contributed by atoms with van der Waals surface area (Å²) in [5, 5.41) is 0. The first-order chi connectivity index (χ1) is 9.90.